The molecule has 2 nitrogen and oxygen atoms in total. The highest BCUT2D eigenvalue weighted by Crippen LogP contribution is 2.23. The zero-order chi connectivity index (χ0) is 14.8. The van der Waals surface area contributed by atoms with E-state index in [1.807, 2.05) is 0 Å². The second kappa shape index (κ2) is 6.01. The van der Waals surface area contributed by atoms with Crippen LogP contribution in [0.2, 0.25) is 0 Å². The number of hydrogen-bond acceptors (Lipinski definition) is 1. The number of benzene rings is 1. The quantitative estimate of drug-likeness (QED) is 0.861. The summed E-state index contributed by atoms with van der Waals surface area (Å²) in [7, 11) is 0. The van der Waals surface area contributed by atoms with Crippen LogP contribution in [0.4, 0.5) is 0 Å². The molecule has 0 aliphatic heterocycles. The molecule has 0 saturated heterocycles. The maximum atomic E-state index is 6.04. The van der Waals surface area contributed by atoms with Crippen molar-refractivity contribution in [2.24, 2.45) is 11.1 Å². The number of fused-ring (bicyclic) bond motifs is 1. The lowest BCUT2D eigenvalue weighted by Gasteiger charge is -2.18. The molecule has 0 saturated carbocycles. The van der Waals surface area contributed by atoms with Gasteiger partial charge in [-0.1, -0.05) is 33.8 Å². The fourth-order valence-electron chi connectivity index (χ4n) is 2.47. The van der Waals surface area contributed by atoms with Gasteiger partial charge in [0.25, 0.3) is 0 Å². The van der Waals surface area contributed by atoms with Gasteiger partial charge >= 0.3 is 0 Å². The van der Waals surface area contributed by atoms with Crippen molar-refractivity contribution in [1.82, 2.24) is 4.57 Å². The van der Waals surface area contributed by atoms with Crippen molar-refractivity contribution in [1.29, 1.82) is 0 Å². The van der Waals surface area contributed by atoms with Crippen molar-refractivity contribution in [3.05, 3.63) is 36.0 Å². The van der Waals surface area contributed by atoms with Gasteiger partial charge in [-0.25, -0.2) is 0 Å². The zero-order valence-electron chi connectivity index (χ0n) is 13.3. The van der Waals surface area contributed by atoms with E-state index >= 15 is 0 Å². The van der Waals surface area contributed by atoms with E-state index in [2.05, 4.69) is 62.7 Å². The summed E-state index contributed by atoms with van der Waals surface area (Å²) in [6.45, 7) is 10.1. The molecule has 0 radical (unpaired) electrons. The van der Waals surface area contributed by atoms with Crippen LogP contribution in [0.1, 0.15) is 46.1 Å². The molecule has 2 rings (SSSR count). The second-order valence-electron chi connectivity index (χ2n) is 7.09. The summed E-state index contributed by atoms with van der Waals surface area (Å²) in [5.74, 6) is 0. The highest BCUT2D eigenvalue weighted by molar-refractivity contribution is 5.80. The zero-order valence-corrected chi connectivity index (χ0v) is 13.3. The predicted octanol–water partition coefficient (Wildman–Crippen LogP) is 4.36. The normalized spacial score (nSPS) is 13.8. The Morgan fingerprint density at radius 1 is 1.20 bits per heavy atom. The molecule has 2 heteroatoms. The van der Waals surface area contributed by atoms with Crippen LogP contribution in [0.5, 0.6) is 0 Å². The van der Waals surface area contributed by atoms with Gasteiger partial charge in [0.05, 0.1) is 0 Å². The minimum Gasteiger partial charge on any atom is -0.347 e. The molecule has 0 amide bonds. The third-order valence-corrected chi connectivity index (χ3v) is 3.96. The third kappa shape index (κ3) is 3.86. The van der Waals surface area contributed by atoms with Crippen LogP contribution in [0, 0.1) is 5.41 Å². The Kier molecular flexibility index (Phi) is 4.54. The molecule has 0 aliphatic carbocycles. The van der Waals surface area contributed by atoms with Crippen LogP contribution in [-0.2, 0) is 13.0 Å². The number of rotatable bonds is 5. The van der Waals surface area contributed by atoms with Crippen LogP contribution in [0.15, 0.2) is 30.5 Å². The fraction of sp³-hybridized carbons (Fsp3) is 0.556. The second-order valence-corrected chi connectivity index (χ2v) is 7.09. The van der Waals surface area contributed by atoms with E-state index in [9.17, 15) is 0 Å². The summed E-state index contributed by atoms with van der Waals surface area (Å²) in [5, 5.41) is 1.33. The molecule has 20 heavy (non-hydrogen) atoms. The average molecular weight is 272 g/mol. The van der Waals surface area contributed by atoms with Gasteiger partial charge in [0.15, 0.2) is 0 Å². The number of aryl methyl sites for hydroxylation is 1. The lowest BCUT2D eigenvalue weighted by molar-refractivity contribution is 0.353. The number of nitrogens with two attached hydrogens (primary N) is 1. The molecule has 2 N–H and O–H groups in total. The van der Waals surface area contributed by atoms with Gasteiger partial charge in [0.2, 0.25) is 0 Å². The van der Waals surface area contributed by atoms with Crippen molar-refractivity contribution in [3.63, 3.8) is 0 Å². The molecule has 2 aromatic rings. The van der Waals surface area contributed by atoms with E-state index in [0.717, 1.165) is 19.4 Å². The van der Waals surface area contributed by atoms with Crippen molar-refractivity contribution < 1.29 is 0 Å². The van der Waals surface area contributed by atoms with Crippen LogP contribution < -0.4 is 5.73 Å². The average Bonchev–Trinajstić information content (AvgIpc) is 2.77. The first-order chi connectivity index (χ1) is 9.39. The number of aromatic nitrogens is 1. The van der Waals surface area contributed by atoms with Gasteiger partial charge in [-0.2, -0.15) is 0 Å². The molecule has 0 spiro atoms. The standard InChI is InChI=1S/C18H28N2/c1-5-16(19)13-14-6-7-17-15(12-14)8-10-20(17)11-9-18(2,3)4/h6-8,10,12,16H,5,9,11,13,19H2,1-4H3. The van der Waals surface area contributed by atoms with Crippen LogP contribution in [0.3, 0.4) is 0 Å². The number of hydrogen-bond donors (Lipinski definition) is 1. The van der Waals surface area contributed by atoms with E-state index < -0.39 is 0 Å². The summed E-state index contributed by atoms with van der Waals surface area (Å²) in [4.78, 5) is 0. The molecule has 1 atom stereocenters. The largest absolute Gasteiger partial charge is 0.347 e. The Hall–Kier alpha value is -1.28. The van der Waals surface area contributed by atoms with Crippen molar-refractivity contribution in [2.75, 3.05) is 0 Å². The molecular weight excluding hydrogens is 244 g/mol. The van der Waals surface area contributed by atoms with Crippen molar-refractivity contribution in [3.8, 4) is 0 Å². The van der Waals surface area contributed by atoms with E-state index in [0.29, 0.717) is 5.41 Å². The molecule has 110 valence electrons. The van der Waals surface area contributed by atoms with Gasteiger partial charge in [0, 0.05) is 24.3 Å². The first kappa shape index (κ1) is 15.1. The Morgan fingerprint density at radius 3 is 2.60 bits per heavy atom. The van der Waals surface area contributed by atoms with Gasteiger partial charge in [-0.3, -0.25) is 0 Å². The predicted molar refractivity (Wildman–Crippen MR) is 88.0 cm³/mol. The van der Waals surface area contributed by atoms with Crippen LogP contribution >= 0.6 is 0 Å². The lowest BCUT2D eigenvalue weighted by Crippen LogP contribution is -2.21. The summed E-state index contributed by atoms with van der Waals surface area (Å²) in [6, 6.07) is 9.26. The van der Waals surface area contributed by atoms with Gasteiger partial charge in [0.1, 0.15) is 0 Å². The SMILES string of the molecule is CCC(N)Cc1ccc2c(ccn2CCC(C)(C)C)c1. The molecule has 0 aliphatic rings. The highest BCUT2D eigenvalue weighted by atomic mass is 14.9. The molecule has 1 heterocycles. The van der Waals surface area contributed by atoms with Gasteiger partial charge in [-0.05, 0) is 53.8 Å². The van der Waals surface area contributed by atoms with E-state index in [1.54, 1.807) is 0 Å². The first-order valence-corrected chi connectivity index (χ1v) is 7.72. The fourth-order valence-corrected chi connectivity index (χ4v) is 2.47. The maximum Gasteiger partial charge on any atom is 0.0480 e. The molecule has 0 fully saturated rings. The topological polar surface area (TPSA) is 30.9 Å². The van der Waals surface area contributed by atoms with Crippen molar-refractivity contribution >= 4 is 10.9 Å². The molecular formula is C18H28N2. The monoisotopic (exact) mass is 272 g/mol. The minimum atomic E-state index is 0.274. The summed E-state index contributed by atoms with van der Waals surface area (Å²) in [5.41, 5.74) is 9.11. The smallest absolute Gasteiger partial charge is 0.0480 e. The molecule has 1 aromatic carbocycles. The molecule has 0 bridgehead atoms. The Bertz CT molecular complexity index is 560. The van der Waals surface area contributed by atoms with E-state index in [1.165, 1.54) is 22.9 Å². The van der Waals surface area contributed by atoms with E-state index in [4.69, 9.17) is 5.73 Å². The van der Waals surface area contributed by atoms with Crippen LogP contribution in [0.25, 0.3) is 10.9 Å². The summed E-state index contributed by atoms with van der Waals surface area (Å²) >= 11 is 0. The number of nitrogens with zero attached hydrogens (tertiary/aromatic N) is 1. The Labute approximate surface area is 123 Å². The van der Waals surface area contributed by atoms with Gasteiger partial charge < -0.3 is 10.3 Å². The third-order valence-electron chi connectivity index (χ3n) is 3.96. The van der Waals surface area contributed by atoms with Gasteiger partial charge in [-0.15, -0.1) is 0 Å². The highest BCUT2D eigenvalue weighted by Gasteiger charge is 2.11. The molecule has 1 aromatic heterocycles. The summed E-state index contributed by atoms with van der Waals surface area (Å²) in [6.07, 6.45) is 5.41. The van der Waals surface area contributed by atoms with Crippen molar-refractivity contribution in [2.45, 2.75) is 59.5 Å². The minimum absolute atomic E-state index is 0.274. The maximum absolute atomic E-state index is 6.04. The Morgan fingerprint density at radius 2 is 1.95 bits per heavy atom. The van der Waals surface area contributed by atoms with E-state index in [-0.39, 0.29) is 6.04 Å². The molecule has 1 unspecified atom stereocenters. The Balaban J connectivity index is 2.16. The lowest BCUT2D eigenvalue weighted by atomic mass is 9.92. The van der Waals surface area contributed by atoms with Crippen LogP contribution in [-0.4, -0.2) is 10.6 Å². The first-order valence-electron chi connectivity index (χ1n) is 7.72. The summed E-state index contributed by atoms with van der Waals surface area (Å²) < 4.78 is 2.37.